The molecule has 4 N–H and O–H groups in total. The summed E-state index contributed by atoms with van der Waals surface area (Å²) in [5.41, 5.74) is 14.2. The Bertz CT molecular complexity index is 532. The number of nitrogens with zero attached hydrogens (tertiary/aromatic N) is 1. The summed E-state index contributed by atoms with van der Waals surface area (Å²) in [5, 5.41) is 2.12. The lowest BCUT2D eigenvalue weighted by Crippen LogP contribution is -2.24. The van der Waals surface area contributed by atoms with Crippen LogP contribution in [-0.4, -0.2) is 6.04 Å². The lowest BCUT2D eigenvalue weighted by atomic mass is 10.2. The summed E-state index contributed by atoms with van der Waals surface area (Å²) in [5.74, 6) is 0. The maximum Gasteiger partial charge on any atom is 0.0568 e. The van der Waals surface area contributed by atoms with E-state index in [1.54, 1.807) is 11.3 Å². The van der Waals surface area contributed by atoms with Gasteiger partial charge in [-0.1, -0.05) is 6.07 Å². The van der Waals surface area contributed by atoms with Crippen molar-refractivity contribution in [3.63, 3.8) is 0 Å². The summed E-state index contributed by atoms with van der Waals surface area (Å²) in [4.78, 5) is 3.82. The maximum atomic E-state index is 5.90. The zero-order valence-corrected chi connectivity index (χ0v) is 11.0. The molecule has 1 heterocycles. The number of hydrogen-bond acceptors (Lipinski definition) is 4. The van der Waals surface area contributed by atoms with Crippen LogP contribution >= 0.6 is 11.3 Å². The summed E-state index contributed by atoms with van der Waals surface area (Å²) >= 11 is 1.80. The molecule has 0 spiro atoms. The van der Waals surface area contributed by atoms with Gasteiger partial charge in [0.2, 0.25) is 0 Å². The molecule has 3 nitrogen and oxygen atoms in total. The predicted molar refractivity (Wildman–Crippen MR) is 78.8 cm³/mol. The lowest BCUT2D eigenvalue weighted by Gasteiger charge is -2.24. The van der Waals surface area contributed by atoms with Gasteiger partial charge in [0, 0.05) is 16.6 Å². The van der Waals surface area contributed by atoms with E-state index in [9.17, 15) is 0 Å². The topological polar surface area (TPSA) is 55.3 Å². The Labute approximate surface area is 111 Å². The van der Waals surface area contributed by atoms with Crippen molar-refractivity contribution in [1.29, 1.82) is 0 Å². The van der Waals surface area contributed by atoms with E-state index in [2.05, 4.69) is 28.5 Å². The van der Waals surface area contributed by atoms with Gasteiger partial charge >= 0.3 is 0 Å². The molecular weight excluding hydrogens is 242 g/mol. The molecule has 1 saturated carbocycles. The molecule has 18 heavy (non-hydrogen) atoms. The van der Waals surface area contributed by atoms with E-state index in [0.29, 0.717) is 17.4 Å². The fourth-order valence-corrected chi connectivity index (χ4v) is 2.83. The minimum Gasteiger partial charge on any atom is -0.397 e. The van der Waals surface area contributed by atoms with Crippen LogP contribution in [0.4, 0.5) is 17.1 Å². The molecule has 0 saturated heterocycles. The number of nitrogens with two attached hydrogens (primary N) is 2. The number of thiophene rings is 1. The zero-order chi connectivity index (χ0) is 12.5. The number of nitrogen functional groups attached to an aromatic ring is 2. The van der Waals surface area contributed by atoms with Crippen LogP contribution in [0.5, 0.6) is 0 Å². The standard InChI is InChI=1S/C14H17N3S/c15-13-6-5-11(8-14(13)16)17(10-3-4-10)9-12-2-1-7-18-12/h1-2,5-8,10H,3-4,9,15-16H2. The van der Waals surface area contributed by atoms with Gasteiger partial charge in [-0.15, -0.1) is 11.3 Å². The molecule has 1 fully saturated rings. The Morgan fingerprint density at radius 1 is 1.17 bits per heavy atom. The fraction of sp³-hybridized carbons (Fsp3) is 0.286. The monoisotopic (exact) mass is 259 g/mol. The van der Waals surface area contributed by atoms with E-state index in [4.69, 9.17) is 11.5 Å². The lowest BCUT2D eigenvalue weighted by molar-refractivity contribution is 0.804. The molecule has 1 aromatic heterocycles. The highest BCUT2D eigenvalue weighted by atomic mass is 32.1. The SMILES string of the molecule is Nc1ccc(N(Cc2cccs2)C2CC2)cc1N. The van der Waals surface area contributed by atoms with Gasteiger partial charge in [-0.05, 0) is 42.5 Å². The Morgan fingerprint density at radius 2 is 2.00 bits per heavy atom. The first-order valence-electron chi connectivity index (χ1n) is 6.18. The van der Waals surface area contributed by atoms with Gasteiger partial charge in [-0.2, -0.15) is 0 Å². The van der Waals surface area contributed by atoms with Crippen molar-refractivity contribution < 1.29 is 0 Å². The second-order valence-corrected chi connectivity index (χ2v) is 5.78. The van der Waals surface area contributed by atoms with E-state index >= 15 is 0 Å². The number of anilines is 3. The summed E-state index contributed by atoms with van der Waals surface area (Å²) in [6.45, 7) is 0.964. The highest BCUT2D eigenvalue weighted by Gasteiger charge is 2.29. The van der Waals surface area contributed by atoms with Gasteiger partial charge in [0.25, 0.3) is 0 Å². The third-order valence-electron chi connectivity index (χ3n) is 3.30. The van der Waals surface area contributed by atoms with Gasteiger partial charge in [-0.3, -0.25) is 0 Å². The highest BCUT2D eigenvalue weighted by molar-refractivity contribution is 7.09. The molecule has 0 bridgehead atoms. The molecule has 2 aromatic rings. The molecule has 3 rings (SSSR count). The van der Waals surface area contributed by atoms with Crippen LogP contribution in [0.15, 0.2) is 35.7 Å². The van der Waals surface area contributed by atoms with Crippen molar-refractivity contribution in [2.24, 2.45) is 0 Å². The molecule has 94 valence electrons. The molecular formula is C14H17N3S. The molecule has 0 amide bonds. The van der Waals surface area contributed by atoms with Crippen molar-refractivity contribution in [2.75, 3.05) is 16.4 Å². The van der Waals surface area contributed by atoms with Gasteiger partial charge in [-0.25, -0.2) is 0 Å². The second kappa shape index (κ2) is 4.53. The number of rotatable bonds is 4. The fourth-order valence-electron chi connectivity index (χ4n) is 2.13. The van der Waals surface area contributed by atoms with Crippen LogP contribution in [0.2, 0.25) is 0 Å². The molecule has 0 atom stereocenters. The molecule has 4 heteroatoms. The van der Waals surface area contributed by atoms with Gasteiger partial charge < -0.3 is 16.4 Å². The van der Waals surface area contributed by atoms with Crippen molar-refractivity contribution in [3.8, 4) is 0 Å². The Hall–Kier alpha value is -1.68. The number of hydrogen-bond donors (Lipinski definition) is 2. The van der Waals surface area contributed by atoms with E-state index in [-0.39, 0.29) is 0 Å². The van der Waals surface area contributed by atoms with Crippen molar-refractivity contribution in [1.82, 2.24) is 0 Å². The van der Waals surface area contributed by atoms with Crippen LogP contribution in [0.3, 0.4) is 0 Å². The maximum absolute atomic E-state index is 5.90. The summed E-state index contributed by atoms with van der Waals surface area (Å²) in [6, 6.07) is 10.9. The Morgan fingerprint density at radius 3 is 2.61 bits per heavy atom. The second-order valence-electron chi connectivity index (χ2n) is 4.75. The molecule has 1 aliphatic rings. The molecule has 0 aliphatic heterocycles. The first-order chi connectivity index (χ1) is 8.74. The average Bonchev–Trinajstić information content (AvgIpc) is 3.07. The van der Waals surface area contributed by atoms with E-state index < -0.39 is 0 Å². The third kappa shape index (κ3) is 2.29. The van der Waals surface area contributed by atoms with E-state index in [1.165, 1.54) is 23.4 Å². The largest absolute Gasteiger partial charge is 0.397 e. The summed E-state index contributed by atoms with van der Waals surface area (Å²) < 4.78 is 0. The number of benzene rings is 1. The van der Waals surface area contributed by atoms with Gasteiger partial charge in [0.15, 0.2) is 0 Å². The minimum atomic E-state index is 0.658. The average molecular weight is 259 g/mol. The quantitative estimate of drug-likeness (QED) is 0.830. The highest BCUT2D eigenvalue weighted by Crippen LogP contribution is 2.35. The summed E-state index contributed by atoms with van der Waals surface area (Å²) in [7, 11) is 0. The summed E-state index contributed by atoms with van der Waals surface area (Å²) in [6.07, 6.45) is 2.55. The van der Waals surface area contributed by atoms with Crippen molar-refractivity contribution in [3.05, 3.63) is 40.6 Å². The van der Waals surface area contributed by atoms with Crippen molar-refractivity contribution in [2.45, 2.75) is 25.4 Å². The van der Waals surface area contributed by atoms with Crippen LogP contribution in [0.25, 0.3) is 0 Å². The van der Waals surface area contributed by atoms with E-state index in [1.807, 2.05) is 12.1 Å². The van der Waals surface area contributed by atoms with Crippen LogP contribution in [0, 0.1) is 0 Å². The van der Waals surface area contributed by atoms with Crippen LogP contribution < -0.4 is 16.4 Å². The first kappa shape index (κ1) is 11.4. The Balaban J connectivity index is 1.86. The smallest absolute Gasteiger partial charge is 0.0568 e. The molecule has 1 aromatic carbocycles. The Kier molecular flexibility index (Phi) is 2.88. The zero-order valence-electron chi connectivity index (χ0n) is 10.2. The molecule has 0 unspecified atom stereocenters. The predicted octanol–water partition coefficient (Wildman–Crippen LogP) is 3.08. The van der Waals surface area contributed by atoms with E-state index in [0.717, 1.165) is 6.54 Å². The normalized spacial score (nSPS) is 14.7. The third-order valence-corrected chi connectivity index (χ3v) is 4.16. The van der Waals surface area contributed by atoms with Gasteiger partial charge in [0.1, 0.15) is 0 Å². The molecule has 1 aliphatic carbocycles. The minimum absolute atomic E-state index is 0.658. The van der Waals surface area contributed by atoms with Crippen LogP contribution in [-0.2, 0) is 6.54 Å². The first-order valence-corrected chi connectivity index (χ1v) is 7.06. The van der Waals surface area contributed by atoms with Crippen LogP contribution in [0.1, 0.15) is 17.7 Å². The van der Waals surface area contributed by atoms with Crippen molar-refractivity contribution >= 4 is 28.4 Å². The molecule has 0 radical (unpaired) electrons. The van der Waals surface area contributed by atoms with Gasteiger partial charge in [0.05, 0.1) is 17.9 Å².